The van der Waals surface area contributed by atoms with Crippen molar-refractivity contribution in [3.63, 3.8) is 0 Å². The van der Waals surface area contributed by atoms with Crippen LogP contribution in [0.4, 0.5) is 0 Å². The Morgan fingerprint density at radius 2 is 1.87 bits per heavy atom. The number of nitrogens with one attached hydrogen (secondary N) is 1. The zero-order chi connectivity index (χ0) is 16.3. The monoisotopic (exact) mass is 312 g/mol. The predicted molar refractivity (Wildman–Crippen MR) is 85.9 cm³/mol. The average Bonchev–Trinajstić information content (AvgIpc) is 3.26. The summed E-state index contributed by atoms with van der Waals surface area (Å²) < 4.78 is 4.82. The number of benzene rings is 1. The van der Waals surface area contributed by atoms with Crippen LogP contribution in [0.15, 0.2) is 41.1 Å². The Kier molecular flexibility index (Phi) is 4.28. The second kappa shape index (κ2) is 6.36. The van der Waals surface area contributed by atoms with Gasteiger partial charge in [0, 0.05) is 23.6 Å². The molecule has 0 unspecified atom stereocenters. The van der Waals surface area contributed by atoms with Gasteiger partial charge >= 0.3 is 0 Å². The van der Waals surface area contributed by atoms with Gasteiger partial charge in [-0.15, -0.1) is 0 Å². The van der Waals surface area contributed by atoms with Crippen LogP contribution >= 0.6 is 0 Å². The number of carbonyl (C=O) groups is 2. The first-order chi connectivity index (χ1) is 11.1. The maximum atomic E-state index is 12.5. The molecule has 1 aromatic carbocycles. The molecule has 0 bridgehead atoms. The van der Waals surface area contributed by atoms with E-state index in [1.54, 1.807) is 18.2 Å². The van der Waals surface area contributed by atoms with E-state index in [9.17, 15) is 9.59 Å². The molecule has 0 saturated heterocycles. The third-order valence-electron chi connectivity index (χ3n) is 4.55. The van der Waals surface area contributed by atoms with Gasteiger partial charge in [0.15, 0.2) is 5.78 Å². The van der Waals surface area contributed by atoms with Crippen LogP contribution in [0.25, 0.3) is 11.3 Å². The van der Waals surface area contributed by atoms with Crippen molar-refractivity contribution in [2.45, 2.75) is 44.6 Å². The lowest BCUT2D eigenvalue weighted by atomic mass is 9.90. The van der Waals surface area contributed by atoms with Gasteiger partial charge in [-0.3, -0.25) is 9.59 Å². The molecule has 0 atom stereocenters. The molecule has 5 nitrogen and oxygen atoms in total. The zero-order valence-electron chi connectivity index (χ0n) is 13.2. The largest absolute Gasteiger partial charge is 0.364 e. The van der Waals surface area contributed by atoms with Crippen LogP contribution in [0.5, 0.6) is 0 Å². The molecular weight excluding hydrogens is 292 g/mol. The first kappa shape index (κ1) is 15.5. The summed E-state index contributed by atoms with van der Waals surface area (Å²) in [6, 6.07) is 8.92. The van der Waals surface area contributed by atoms with Gasteiger partial charge in [0.1, 0.15) is 12.0 Å². The van der Waals surface area contributed by atoms with Crippen molar-refractivity contribution < 1.29 is 14.1 Å². The normalized spacial score (nSPS) is 16.2. The van der Waals surface area contributed by atoms with E-state index in [1.165, 1.54) is 6.26 Å². The van der Waals surface area contributed by atoms with E-state index in [1.807, 2.05) is 19.1 Å². The molecule has 0 aliphatic heterocycles. The van der Waals surface area contributed by atoms with Crippen molar-refractivity contribution in [1.29, 1.82) is 0 Å². The maximum Gasteiger partial charge on any atom is 0.252 e. The van der Waals surface area contributed by atoms with Gasteiger partial charge in [0.25, 0.3) is 5.91 Å². The second-order valence-electron chi connectivity index (χ2n) is 5.98. The molecule has 0 spiro atoms. The Morgan fingerprint density at radius 3 is 2.43 bits per heavy atom. The summed E-state index contributed by atoms with van der Waals surface area (Å²) in [4.78, 5) is 24.8. The van der Waals surface area contributed by atoms with Crippen LogP contribution in [-0.2, 0) is 4.79 Å². The molecule has 120 valence electrons. The summed E-state index contributed by atoms with van der Waals surface area (Å²) in [6.07, 6.45) is 5.40. The van der Waals surface area contributed by atoms with Crippen LogP contribution < -0.4 is 5.32 Å². The standard InChI is InChI=1S/C18H20N2O3/c1-2-16(21)18(10-3-4-11-18)19-17(22)14-7-5-13(6-8-14)15-9-12-23-20-15/h5-9,12H,2-4,10-11H2,1H3,(H,19,22). The minimum Gasteiger partial charge on any atom is -0.364 e. The number of Topliss-reactive ketones (excluding diaryl/α,β-unsaturated/α-hetero) is 1. The molecule has 1 saturated carbocycles. The highest BCUT2D eigenvalue weighted by molar-refractivity contribution is 6.00. The number of ketones is 1. The smallest absolute Gasteiger partial charge is 0.252 e. The molecule has 1 aliphatic carbocycles. The SMILES string of the molecule is CCC(=O)C1(NC(=O)c2ccc(-c3ccon3)cc2)CCCC1. The van der Waals surface area contributed by atoms with E-state index in [-0.39, 0.29) is 11.7 Å². The average molecular weight is 312 g/mol. The first-order valence-corrected chi connectivity index (χ1v) is 8.01. The van der Waals surface area contributed by atoms with Gasteiger partial charge in [0.2, 0.25) is 0 Å². The Labute approximate surface area is 135 Å². The van der Waals surface area contributed by atoms with Gasteiger partial charge in [-0.1, -0.05) is 37.1 Å². The number of nitrogens with zero attached hydrogens (tertiary/aromatic N) is 1. The predicted octanol–water partition coefficient (Wildman–Crippen LogP) is 3.36. The van der Waals surface area contributed by atoms with E-state index in [0.29, 0.717) is 12.0 Å². The number of rotatable bonds is 5. The molecule has 1 aliphatic rings. The van der Waals surface area contributed by atoms with Crippen molar-refractivity contribution >= 4 is 11.7 Å². The summed E-state index contributed by atoms with van der Waals surface area (Å²) in [7, 11) is 0. The number of hydrogen-bond acceptors (Lipinski definition) is 4. The van der Waals surface area contributed by atoms with Crippen LogP contribution in [0.2, 0.25) is 0 Å². The molecule has 1 heterocycles. The van der Waals surface area contributed by atoms with Crippen LogP contribution in [0.1, 0.15) is 49.4 Å². The van der Waals surface area contributed by atoms with Crippen LogP contribution in [0.3, 0.4) is 0 Å². The van der Waals surface area contributed by atoms with Crippen molar-refractivity contribution in [3.05, 3.63) is 42.2 Å². The van der Waals surface area contributed by atoms with Gasteiger partial charge in [-0.05, 0) is 25.0 Å². The summed E-state index contributed by atoms with van der Waals surface area (Å²) in [5.74, 6) is -0.0667. The molecule has 2 aromatic rings. The number of aromatic nitrogens is 1. The fraction of sp³-hybridized carbons (Fsp3) is 0.389. The number of hydrogen-bond donors (Lipinski definition) is 1. The zero-order valence-corrected chi connectivity index (χ0v) is 13.2. The number of amides is 1. The third-order valence-corrected chi connectivity index (χ3v) is 4.55. The Bertz CT molecular complexity index is 684. The highest BCUT2D eigenvalue weighted by atomic mass is 16.5. The lowest BCUT2D eigenvalue weighted by Crippen LogP contribution is -2.52. The van der Waals surface area contributed by atoms with Crippen LogP contribution in [-0.4, -0.2) is 22.4 Å². The quantitative estimate of drug-likeness (QED) is 0.919. The minimum atomic E-state index is -0.670. The lowest BCUT2D eigenvalue weighted by molar-refractivity contribution is -0.124. The van der Waals surface area contributed by atoms with Crippen molar-refractivity contribution in [2.75, 3.05) is 0 Å². The van der Waals surface area contributed by atoms with Crippen molar-refractivity contribution in [1.82, 2.24) is 10.5 Å². The Balaban J connectivity index is 1.76. The molecular formula is C18H20N2O3. The van der Waals surface area contributed by atoms with E-state index < -0.39 is 5.54 Å². The van der Waals surface area contributed by atoms with E-state index in [0.717, 1.165) is 36.9 Å². The highest BCUT2D eigenvalue weighted by Gasteiger charge is 2.41. The highest BCUT2D eigenvalue weighted by Crippen LogP contribution is 2.32. The van der Waals surface area contributed by atoms with Crippen LogP contribution in [0, 0.1) is 0 Å². The summed E-state index contributed by atoms with van der Waals surface area (Å²) in [6.45, 7) is 1.85. The Hall–Kier alpha value is -2.43. The summed E-state index contributed by atoms with van der Waals surface area (Å²) >= 11 is 0. The first-order valence-electron chi connectivity index (χ1n) is 8.01. The topological polar surface area (TPSA) is 72.2 Å². The van der Waals surface area contributed by atoms with Crippen molar-refractivity contribution in [2.24, 2.45) is 0 Å². The second-order valence-corrected chi connectivity index (χ2v) is 5.98. The molecule has 1 aromatic heterocycles. The van der Waals surface area contributed by atoms with E-state index >= 15 is 0 Å². The number of carbonyl (C=O) groups excluding carboxylic acids is 2. The van der Waals surface area contributed by atoms with Gasteiger partial charge in [-0.2, -0.15) is 0 Å². The molecule has 0 radical (unpaired) electrons. The fourth-order valence-electron chi connectivity index (χ4n) is 3.23. The summed E-state index contributed by atoms with van der Waals surface area (Å²) in [5, 5.41) is 6.86. The Morgan fingerprint density at radius 1 is 1.17 bits per heavy atom. The molecule has 1 N–H and O–H groups in total. The van der Waals surface area contributed by atoms with Gasteiger partial charge < -0.3 is 9.84 Å². The lowest BCUT2D eigenvalue weighted by Gasteiger charge is -2.28. The van der Waals surface area contributed by atoms with Gasteiger partial charge in [0.05, 0.1) is 5.54 Å². The van der Waals surface area contributed by atoms with E-state index in [4.69, 9.17) is 4.52 Å². The maximum absolute atomic E-state index is 12.5. The fourth-order valence-corrected chi connectivity index (χ4v) is 3.23. The van der Waals surface area contributed by atoms with Crippen molar-refractivity contribution in [3.8, 4) is 11.3 Å². The molecule has 5 heteroatoms. The molecule has 1 amide bonds. The molecule has 1 fully saturated rings. The molecule has 23 heavy (non-hydrogen) atoms. The van der Waals surface area contributed by atoms with E-state index in [2.05, 4.69) is 10.5 Å². The minimum absolute atomic E-state index is 0.127. The molecule has 3 rings (SSSR count). The summed E-state index contributed by atoms with van der Waals surface area (Å²) in [5.41, 5.74) is 1.49. The van der Waals surface area contributed by atoms with Gasteiger partial charge in [-0.25, -0.2) is 0 Å². The third kappa shape index (κ3) is 3.04.